The number of hydrogen-bond acceptors (Lipinski definition) is 10. The van der Waals surface area contributed by atoms with Gasteiger partial charge in [0.05, 0.1) is 49.3 Å². The van der Waals surface area contributed by atoms with Crippen LogP contribution in [0.2, 0.25) is 0 Å². The monoisotopic (exact) mass is 718 g/mol. The van der Waals surface area contributed by atoms with E-state index in [1.165, 1.54) is 7.11 Å². The maximum absolute atomic E-state index is 14.1. The van der Waals surface area contributed by atoms with Gasteiger partial charge in [-0.3, -0.25) is 29.0 Å². The number of esters is 1. The highest BCUT2D eigenvalue weighted by molar-refractivity contribution is 5.92. The van der Waals surface area contributed by atoms with Gasteiger partial charge >= 0.3 is 5.97 Å². The molecule has 2 aliphatic heterocycles. The molecule has 2 rings (SSSR count). The Kier molecular flexibility index (Phi) is 17.6. The number of likely N-dealkylation sites (tertiary alicyclic amines) is 1. The van der Waals surface area contributed by atoms with E-state index >= 15 is 0 Å². The van der Waals surface area contributed by atoms with Crippen molar-refractivity contribution in [2.24, 2.45) is 34.6 Å². The number of methoxy groups -OCH3 is 3. The Morgan fingerprint density at radius 1 is 1.04 bits per heavy atom. The number of ketones is 2. The summed E-state index contributed by atoms with van der Waals surface area (Å²) < 4.78 is 17.0. The van der Waals surface area contributed by atoms with Crippen LogP contribution in [0.1, 0.15) is 99.8 Å². The molecule has 0 saturated carbocycles. The normalized spacial score (nSPS) is 20.3. The molecule has 2 aliphatic rings. The van der Waals surface area contributed by atoms with E-state index in [9.17, 15) is 24.0 Å². The van der Waals surface area contributed by atoms with Gasteiger partial charge in [0.1, 0.15) is 5.78 Å². The minimum atomic E-state index is -0.760. The van der Waals surface area contributed by atoms with Gasteiger partial charge in [0.15, 0.2) is 5.78 Å². The summed E-state index contributed by atoms with van der Waals surface area (Å²) in [5, 5.41) is 3.05. The molecule has 2 heterocycles. The van der Waals surface area contributed by atoms with E-state index in [1.54, 1.807) is 51.3 Å². The zero-order valence-corrected chi connectivity index (χ0v) is 33.3. The molecular formula is C39H66N4O8. The van der Waals surface area contributed by atoms with Crippen molar-refractivity contribution in [3.63, 3.8) is 0 Å². The number of carbonyl (C=O) groups is 5. The Hall–Kier alpha value is -2.96. The van der Waals surface area contributed by atoms with Crippen LogP contribution in [0.15, 0.2) is 16.8 Å². The average Bonchev–Trinajstić information content (AvgIpc) is 3.81. The first kappa shape index (κ1) is 44.2. The number of aliphatic imine (C=N–C) groups is 1. The predicted molar refractivity (Wildman–Crippen MR) is 198 cm³/mol. The van der Waals surface area contributed by atoms with Crippen LogP contribution in [0.5, 0.6) is 0 Å². The fraction of sp³-hybridized carbons (Fsp3) is 0.795. The molecule has 12 heteroatoms. The summed E-state index contributed by atoms with van der Waals surface area (Å²) in [6.45, 7) is 13.9. The van der Waals surface area contributed by atoms with E-state index in [1.807, 2.05) is 40.7 Å². The van der Waals surface area contributed by atoms with Crippen molar-refractivity contribution in [3.8, 4) is 0 Å². The van der Waals surface area contributed by atoms with Crippen LogP contribution < -0.4 is 5.32 Å². The van der Waals surface area contributed by atoms with Gasteiger partial charge in [0.25, 0.3) is 0 Å². The van der Waals surface area contributed by atoms with Crippen LogP contribution in [0.4, 0.5) is 0 Å². The van der Waals surface area contributed by atoms with Crippen molar-refractivity contribution in [1.29, 1.82) is 0 Å². The number of allylic oxidation sites excluding steroid dienone is 2. The van der Waals surface area contributed by atoms with Gasteiger partial charge in [-0.2, -0.15) is 0 Å². The summed E-state index contributed by atoms with van der Waals surface area (Å²) >= 11 is 0. The molecule has 0 radical (unpaired) electrons. The first-order valence-corrected chi connectivity index (χ1v) is 18.6. The van der Waals surface area contributed by atoms with Crippen molar-refractivity contribution in [2.75, 3.05) is 42.0 Å². The van der Waals surface area contributed by atoms with Crippen molar-refractivity contribution in [1.82, 2.24) is 15.1 Å². The van der Waals surface area contributed by atoms with Gasteiger partial charge in [-0.05, 0) is 45.6 Å². The summed E-state index contributed by atoms with van der Waals surface area (Å²) in [6, 6.07) is -0.759. The van der Waals surface area contributed by atoms with E-state index in [0.717, 1.165) is 18.5 Å². The Labute approximate surface area is 306 Å². The SMILES string of the molecule is CC[C@H](C)[C@@H]([C@@H](CC(=O)N1CCC[C@H]1[C@H](OC)[C@@H](C)C(=O)C[C@@H](CC1=CCC=N1)C(=O)OC)OC)N(C)C(=O)[C@@H](CC(=O)C(C)(C)NC)C(C)C. The Morgan fingerprint density at radius 2 is 1.71 bits per heavy atom. The highest BCUT2D eigenvalue weighted by atomic mass is 16.5. The minimum Gasteiger partial charge on any atom is -0.469 e. The molecule has 1 N–H and O–H groups in total. The fourth-order valence-corrected chi connectivity index (χ4v) is 7.44. The van der Waals surface area contributed by atoms with Crippen molar-refractivity contribution in [3.05, 3.63) is 11.8 Å². The molecule has 51 heavy (non-hydrogen) atoms. The standard InChI is InChI=1S/C39H66N4O8/c1-13-25(4)35(42(9)37(47)29(24(2)3)22-33(45)39(6,7)40-8)32(49-10)23-34(46)43-19-15-17-30(43)36(50-11)26(5)31(44)21-27(38(48)51-12)20-28-16-14-18-41-28/h16,18,24-27,29-30,32,35-36,40H,13-15,17,19-23H2,1-12H3/t25-,26-,27+,29-,30-,32+,35-,36+/m0/s1. The second kappa shape index (κ2) is 20.3. The zero-order valence-electron chi connectivity index (χ0n) is 33.3. The van der Waals surface area contributed by atoms with Gasteiger partial charge in [0.2, 0.25) is 11.8 Å². The third-order valence-corrected chi connectivity index (χ3v) is 11.4. The molecule has 8 atom stereocenters. The summed E-state index contributed by atoms with van der Waals surface area (Å²) in [6.07, 6.45) is 5.86. The smallest absolute Gasteiger partial charge is 0.309 e. The number of likely N-dealkylation sites (N-methyl/N-ethyl adjacent to an activating group) is 2. The molecule has 0 aromatic heterocycles. The molecule has 1 fully saturated rings. The van der Waals surface area contributed by atoms with E-state index in [0.29, 0.717) is 25.8 Å². The van der Waals surface area contributed by atoms with Crippen LogP contribution >= 0.6 is 0 Å². The minimum absolute atomic E-state index is 0.00106. The van der Waals surface area contributed by atoms with Crippen molar-refractivity contribution < 1.29 is 38.2 Å². The molecule has 0 aromatic rings. The number of rotatable bonds is 22. The van der Waals surface area contributed by atoms with Crippen LogP contribution in [0.3, 0.4) is 0 Å². The van der Waals surface area contributed by atoms with Gasteiger partial charge in [-0.15, -0.1) is 0 Å². The second-order valence-electron chi connectivity index (χ2n) is 15.3. The lowest BCUT2D eigenvalue weighted by atomic mass is 9.83. The maximum atomic E-state index is 14.1. The van der Waals surface area contributed by atoms with E-state index < -0.39 is 47.5 Å². The topological polar surface area (TPSA) is 144 Å². The average molecular weight is 719 g/mol. The van der Waals surface area contributed by atoms with Gasteiger partial charge in [-0.1, -0.05) is 47.1 Å². The Morgan fingerprint density at radius 3 is 2.22 bits per heavy atom. The second-order valence-corrected chi connectivity index (χ2v) is 15.3. The molecule has 290 valence electrons. The predicted octanol–water partition coefficient (Wildman–Crippen LogP) is 4.63. The lowest BCUT2D eigenvalue weighted by Gasteiger charge is -2.41. The van der Waals surface area contributed by atoms with E-state index in [-0.39, 0.29) is 60.5 Å². The summed E-state index contributed by atoms with van der Waals surface area (Å²) in [5.74, 6) is -2.75. The largest absolute Gasteiger partial charge is 0.469 e. The number of nitrogens with one attached hydrogen (secondary N) is 1. The Balaban J connectivity index is 2.26. The molecule has 1 saturated heterocycles. The quantitative estimate of drug-likeness (QED) is 0.159. The number of Topliss-reactive ketones (excluding diaryl/α,β-unsaturated/α-hetero) is 2. The number of nitrogens with zero attached hydrogens (tertiary/aromatic N) is 3. The number of amides is 2. The van der Waals surface area contributed by atoms with Crippen LogP contribution in [-0.4, -0.2) is 117 Å². The number of carbonyl (C=O) groups excluding carboxylic acids is 5. The molecule has 12 nitrogen and oxygen atoms in total. The van der Waals surface area contributed by atoms with Crippen molar-refractivity contribution >= 4 is 35.6 Å². The highest BCUT2D eigenvalue weighted by Crippen LogP contribution is 2.32. The molecule has 0 aliphatic carbocycles. The van der Waals surface area contributed by atoms with Gasteiger partial charge in [0, 0.05) is 77.2 Å². The summed E-state index contributed by atoms with van der Waals surface area (Å²) in [7, 11) is 7.92. The van der Waals surface area contributed by atoms with Gasteiger partial charge < -0.3 is 29.3 Å². The summed E-state index contributed by atoms with van der Waals surface area (Å²) in [4.78, 5) is 75.5. The fourth-order valence-electron chi connectivity index (χ4n) is 7.44. The molecule has 2 amide bonds. The summed E-state index contributed by atoms with van der Waals surface area (Å²) in [5.41, 5.74) is 0.00656. The van der Waals surface area contributed by atoms with E-state index in [4.69, 9.17) is 14.2 Å². The van der Waals surface area contributed by atoms with E-state index in [2.05, 4.69) is 17.2 Å². The molecular weight excluding hydrogens is 652 g/mol. The zero-order chi connectivity index (χ0) is 38.6. The molecule has 0 bridgehead atoms. The third-order valence-electron chi connectivity index (χ3n) is 11.4. The molecule has 0 unspecified atom stereocenters. The molecule has 0 spiro atoms. The number of ether oxygens (including phenoxy) is 3. The van der Waals surface area contributed by atoms with Gasteiger partial charge in [-0.25, -0.2) is 0 Å². The lowest BCUT2D eigenvalue weighted by molar-refractivity contribution is -0.150. The van der Waals surface area contributed by atoms with Crippen LogP contribution in [0.25, 0.3) is 0 Å². The third kappa shape index (κ3) is 11.5. The maximum Gasteiger partial charge on any atom is 0.309 e. The lowest BCUT2D eigenvalue weighted by Crippen LogP contribution is -2.54. The van der Waals surface area contributed by atoms with Crippen LogP contribution in [0, 0.1) is 29.6 Å². The Bertz CT molecular complexity index is 1260. The first-order chi connectivity index (χ1) is 24.0. The van der Waals surface area contributed by atoms with Crippen molar-refractivity contribution in [2.45, 2.75) is 130 Å². The van der Waals surface area contributed by atoms with Crippen LogP contribution in [-0.2, 0) is 38.2 Å². The first-order valence-electron chi connectivity index (χ1n) is 18.6. The number of hydrogen-bond donors (Lipinski definition) is 1. The highest BCUT2D eigenvalue weighted by Gasteiger charge is 2.43. The molecule has 0 aromatic carbocycles.